The van der Waals surface area contributed by atoms with Gasteiger partial charge in [0.1, 0.15) is 0 Å². The molecule has 18 heavy (non-hydrogen) atoms. The smallest absolute Gasteiger partial charge is 0.0670 e. The second kappa shape index (κ2) is 8.37. The van der Waals surface area contributed by atoms with Crippen LogP contribution < -0.4 is 11.1 Å². The number of benzene rings is 1. The van der Waals surface area contributed by atoms with Crippen molar-refractivity contribution in [3.05, 3.63) is 23.8 Å². The fourth-order valence-corrected chi connectivity index (χ4v) is 1.78. The summed E-state index contributed by atoms with van der Waals surface area (Å²) in [6.07, 6.45) is 4.50. The van der Waals surface area contributed by atoms with Crippen LogP contribution in [0.2, 0.25) is 0 Å². The summed E-state index contributed by atoms with van der Waals surface area (Å²) in [5.74, 6) is 0. The molecule has 0 fully saturated rings. The maximum absolute atomic E-state index is 8.69. The van der Waals surface area contributed by atoms with Crippen LogP contribution >= 0.6 is 0 Å². The van der Waals surface area contributed by atoms with E-state index in [1.807, 2.05) is 18.2 Å². The maximum Gasteiger partial charge on any atom is 0.0670 e. The van der Waals surface area contributed by atoms with E-state index in [4.69, 9.17) is 16.1 Å². The normalized spacial score (nSPS) is 10.0. The van der Waals surface area contributed by atoms with Crippen LogP contribution in [0.25, 0.3) is 0 Å². The van der Waals surface area contributed by atoms with Gasteiger partial charge in [-0.15, -0.1) is 0 Å². The molecule has 1 aromatic carbocycles. The number of anilines is 2. The molecule has 0 spiro atoms. The molecule has 0 amide bonds. The molecule has 0 atom stereocenters. The molecule has 4 heteroatoms. The Hall–Kier alpha value is -1.73. The highest BCUT2D eigenvalue weighted by Gasteiger charge is 2.00. The minimum atomic E-state index is 0.281. The number of nitrogens with two attached hydrogens (primary N) is 1. The monoisotopic (exact) mass is 247 g/mol. The van der Waals surface area contributed by atoms with Crippen LogP contribution in [0.3, 0.4) is 0 Å². The van der Waals surface area contributed by atoms with E-state index in [1.165, 1.54) is 0 Å². The number of hydrogen-bond acceptors (Lipinski definition) is 4. The molecule has 0 aliphatic rings. The van der Waals surface area contributed by atoms with Crippen molar-refractivity contribution in [2.75, 3.05) is 24.2 Å². The average Bonchev–Trinajstić information content (AvgIpc) is 2.37. The number of nitriles is 1. The van der Waals surface area contributed by atoms with Crippen molar-refractivity contribution < 1.29 is 5.11 Å². The number of rotatable bonds is 8. The summed E-state index contributed by atoms with van der Waals surface area (Å²) < 4.78 is 0. The summed E-state index contributed by atoms with van der Waals surface area (Å²) in [5, 5.41) is 20.7. The van der Waals surface area contributed by atoms with E-state index in [1.54, 1.807) is 0 Å². The van der Waals surface area contributed by atoms with Crippen LogP contribution in [0.4, 0.5) is 11.4 Å². The zero-order valence-corrected chi connectivity index (χ0v) is 10.7. The summed E-state index contributed by atoms with van der Waals surface area (Å²) in [7, 11) is 0. The Morgan fingerprint density at radius 3 is 2.72 bits per heavy atom. The Kier molecular flexibility index (Phi) is 6.67. The van der Waals surface area contributed by atoms with Gasteiger partial charge in [0.05, 0.1) is 12.5 Å². The summed E-state index contributed by atoms with van der Waals surface area (Å²) in [6, 6.07) is 7.82. The largest absolute Gasteiger partial charge is 0.398 e. The zero-order valence-electron chi connectivity index (χ0n) is 10.7. The van der Waals surface area contributed by atoms with Gasteiger partial charge in [0.25, 0.3) is 0 Å². The standard InChI is InChI=1S/C14H21N3O/c15-8-7-12-11-13(5-6-14(12)16)17-9-3-1-2-4-10-18/h5-6,11,17-18H,1-4,7,9-10,16H2. The van der Waals surface area contributed by atoms with Crippen molar-refractivity contribution in [1.82, 2.24) is 0 Å². The summed E-state index contributed by atoms with van der Waals surface area (Å²) >= 11 is 0. The van der Waals surface area contributed by atoms with Gasteiger partial charge < -0.3 is 16.2 Å². The van der Waals surface area contributed by atoms with E-state index < -0.39 is 0 Å². The minimum absolute atomic E-state index is 0.281. The van der Waals surface area contributed by atoms with Crippen molar-refractivity contribution in [3.8, 4) is 6.07 Å². The molecule has 0 saturated heterocycles. The molecule has 0 heterocycles. The first-order valence-electron chi connectivity index (χ1n) is 6.38. The van der Waals surface area contributed by atoms with Crippen molar-refractivity contribution in [2.45, 2.75) is 32.1 Å². The highest BCUT2D eigenvalue weighted by molar-refractivity contribution is 5.57. The molecule has 4 N–H and O–H groups in total. The van der Waals surface area contributed by atoms with E-state index in [-0.39, 0.29) is 6.61 Å². The predicted molar refractivity (Wildman–Crippen MR) is 74.2 cm³/mol. The van der Waals surface area contributed by atoms with E-state index >= 15 is 0 Å². The number of nitrogen functional groups attached to an aromatic ring is 1. The maximum atomic E-state index is 8.69. The van der Waals surface area contributed by atoms with Gasteiger partial charge in [0.2, 0.25) is 0 Å². The zero-order chi connectivity index (χ0) is 13.2. The highest BCUT2D eigenvalue weighted by atomic mass is 16.2. The van der Waals surface area contributed by atoms with Crippen LogP contribution in [-0.4, -0.2) is 18.3 Å². The summed E-state index contributed by atoms with van der Waals surface area (Å²) in [4.78, 5) is 0. The van der Waals surface area contributed by atoms with Crippen LogP contribution in [0.5, 0.6) is 0 Å². The lowest BCUT2D eigenvalue weighted by atomic mass is 10.1. The lowest BCUT2D eigenvalue weighted by Crippen LogP contribution is -2.03. The van der Waals surface area contributed by atoms with Crippen molar-refractivity contribution in [1.29, 1.82) is 5.26 Å². The summed E-state index contributed by atoms with van der Waals surface area (Å²) in [5.41, 5.74) is 8.34. The van der Waals surface area contributed by atoms with E-state index in [0.717, 1.165) is 43.5 Å². The Balaban J connectivity index is 2.34. The Bertz CT molecular complexity index is 399. The molecule has 1 aromatic rings. The van der Waals surface area contributed by atoms with Crippen LogP contribution in [0.15, 0.2) is 18.2 Å². The first kappa shape index (κ1) is 14.3. The molecule has 0 aliphatic carbocycles. The number of unbranched alkanes of at least 4 members (excludes halogenated alkanes) is 3. The average molecular weight is 247 g/mol. The number of nitrogens with zero attached hydrogens (tertiary/aromatic N) is 1. The Labute approximate surface area is 108 Å². The molecule has 0 saturated carbocycles. The van der Waals surface area contributed by atoms with Gasteiger partial charge in [-0.05, 0) is 36.6 Å². The van der Waals surface area contributed by atoms with Gasteiger partial charge in [0.15, 0.2) is 0 Å². The first-order chi connectivity index (χ1) is 8.77. The van der Waals surface area contributed by atoms with Crippen LogP contribution in [0, 0.1) is 11.3 Å². The number of nitrogens with one attached hydrogen (secondary N) is 1. The van der Waals surface area contributed by atoms with E-state index in [2.05, 4.69) is 11.4 Å². The SMILES string of the molecule is N#CCc1cc(NCCCCCCO)ccc1N. The molecule has 98 valence electrons. The van der Waals surface area contributed by atoms with Gasteiger partial charge in [0, 0.05) is 24.5 Å². The quantitative estimate of drug-likeness (QED) is 0.486. The van der Waals surface area contributed by atoms with Gasteiger partial charge in [-0.1, -0.05) is 12.8 Å². The molecular formula is C14H21N3O. The Morgan fingerprint density at radius 1 is 1.22 bits per heavy atom. The second-order valence-corrected chi connectivity index (χ2v) is 4.31. The first-order valence-corrected chi connectivity index (χ1v) is 6.38. The fraction of sp³-hybridized carbons (Fsp3) is 0.500. The third kappa shape index (κ3) is 5.07. The molecule has 0 aromatic heterocycles. The topological polar surface area (TPSA) is 82.1 Å². The van der Waals surface area contributed by atoms with Crippen molar-refractivity contribution >= 4 is 11.4 Å². The van der Waals surface area contributed by atoms with Crippen molar-refractivity contribution in [3.63, 3.8) is 0 Å². The second-order valence-electron chi connectivity index (χ2n) is 4.31. The molecule has 0 bridgehead atoms. The fourth-order valence-electron chi connectivity index (χ4n) is 1.78. The predicted octanol–water partition coefficient (Wildman–Crippen LogP) is 2.30. The molecular weight excluding hydrogens is 226 g/mol. The third-order valence-corrected chi connectivity index (χ3v) is 2.83. The molecule has 4 nitrogen and oxygen atoms in total. The van der Waals surface area contributed by atoms with E-state index in [0.29, 0.717) is 12.1 Å². The van der Waals surface area contributed by atoms with Crippen LogP contribution in [0.1, 0.15) is 31.2 Å². The third-order valence-electron chi connectivity index (χ3n) is 2.83. The van der Waals surface area contributed by atoms with Gasteiger partial charge in [-0.25, -0.2) is 0 Å². The van der Waals surface area contributed by atoms with E-state index in [9.17, 15) is 0 Å². The molecule has 1 rings (SSSR count). The number of hydrogen-bond donors (Lipinski definition) is 3. The summed E-state index contributed by atoms with van der Waals surface area (Å²) in [6.45, 7) is 1.18. The van der Waals surface area contributed by atoms with Crippen molar-refractivity contribution in [2.24, 2.45) is 0 Å². The lowest BCUT2D eigenvalue weighted by Gasteiger charge is -2.09. The van der Waals surface area contributed by atoms with Gasteiger partial charge in [-0.2, -0.15) is 5.26 Å². The molecule has 0 radical (unpaired) electrons. The number of aliphatic hydroxyl groups excluding tert-OH is 1. The Morgan fingerprint density at radius 2 is 2.00 bits per heavy atom. The lowest BCUT2D eigenvalue weighted by molar-refractivity contribution is 0.283. The molecule has 0 unspecified atom stereocenters. The number of aliphatic hydroxyl groups is 1. The van der Waals surface area contributed by atoms with Gasteiger partial charge >= 0.3 is 0 Å². The molecule has 0 aliphatic heterocycles. The minimum Gasteiger partial charge on any atom is -0.398 e. The van der Waals surface area contributed by atoms with Gasteiger partial charge in [-0.3, -0.25) is 0 Å². The van der Waals surface area contributed by atoms with Crippen LogP contribution in [-0.2, 0) is 6.42 Å². The highest BCUT2D eigenvalue weighted by Crippen LogP contribution is 2.18.